The van der Waals surface area contributed by atoms with Crippen LogP contribution in [0.25, 0.3) is 0 Å². The molecule has 2 fully saturated rings. The number of carbonyl (C=O) groups is 2. The molecule has 0 aromatic heterocycles. The maximum Gasteiger partial charge on any atom is 0.292 e. The van der Waals surface area contributed by atoms with Crippen LogP contribution >= 0.6 is 11.6 Å². The maximum absolute atomic E-state index is 13.1. The van der Waals surface area contributed by atoms with Crippen LogP contribution in [0.5, 0.6) is 0 Å². The van der Waals surface area contributed by atoms with E-state index in [0.29, 0.717) is 10.7 Å². The van der Waals surface area contributed by atoms with Crippen LogP contribution in [0.2, 0.25) is 5.02 Å². The van der Waals surface area contributed by atoms with Crippen LogP contribution in [-0.4, -0.2) is 44.0 Å². The Labute approximate surface area is 161 Å². The van der Waals surface area contributed by atoms with Gasteiger partial charge < -0.3 is 9.80 Å². The van der Waals surface area contributed by atoms with Crippen molar-refractivity contribution >= 4 is 34.8 Å². The molecule has 2 aliphatic heterocycles. The fraction of sp³-hybridized carbons (Fsp3) is 0.300. The van der Waals surface area contributed by atoms with Crippen molar-refractivity contribution in [1.82, 2.24) is 0 Å². The normalized spacial score (nSPS) is 21.2. The SMILES string of the molecule is O=C1C[C@@H]([NH+]2CCN(c3ccc(F)cc3)CC2)C(=O)N1c1ccc(Cl)cc1. The van der Waals surface area contributed by atoms with Gasteiger partial charge in [0.05, 0.1) is 38.3 Å². The standard InChI is InChI=1S/C20H19ClFN3O2/c21-14-1-5-17(6-2-14)25-19(26)13-18(20(25)27)24-11-9-23(10-12-24)16-7-3-15(22)4-8-16/h1-8,18H,9-13H2/p+1/t18-/m1/s1. The summed E-state index contributed by atoms with van der Waals surface area (Å²) in [6, 6.07) is 12.9. The third-order valence-electron chi connectivity index (χ3n) is 5.32. The van der Waals surface area contributed by atoms with E-state index in [1.807, 2.05) is 0 Å². The van der Waals surface area contributed by atoms with Crippen LogP contribution < -0.4 is 14.7 Å². The summed E-state index contributed by atoms with van der Waals surface area (Å²) >= 11 is 5.90. The number of piperazine rings is 1. The molecule has 2 aliphatic rings. The second-order valence-corrected chi connectivity index (χ2v) is 7.36. The van der Waals surface area contributed by atoms with Crippen LogP contribution in [0.3, 0.4) is 0 Å². The zero-order valence-corrected chi connectivity index (χ0v) is 15.5. The lowest BCUT2D eigenvalue weighted by molar-refractivity contribution is -0.915. The minimum Gasteiger partial charge on any atom is -0.360 e. The fourth-order valence-electron chi connectivity index (χ4n) is 3.86. The molecule has 0 radical (unpaired) electrons. The quantitative estimate of drug-likeness (QED) is 0.811. The first kappa shape index (κ1) is 17.9. The van der Waals surface area contributed by atoms with E-state index in [4.69, 9.17) is 11.6 Å². The molecule has 0 spiro atoms. The number of amides is 2. The maximum atomic E-state index is 13.1. The van der Waals surface area contributed by atoms with Gasteiger partial charge in [-0.1, -0.05) is 11.6 Å². The highest BCUT2D eigenvalue weighted by molar-refractivity contribution is 6.30. The lowest BCUT2D eigenvalue weighted by Crippen LogP contribution is -3.19. The molecule has 27 heavy (non-hydrogen) atoms. The number of quaternary nitrogens is 1. The lowest BCUT2D eigenvalue weighted by atomic mass is 10.1. The highest BCUT2D eigenvalue weighted by atomic mass is 35.5. The van der Waals surface area contributed by atoms with Crippen LogP contribution in [0.15, 0.2) is 48.5 Å². The summed E-state index contributed by atoms with van der Waals surface area (Å²) in [5, 5.41) is 0.567. The number of nitrogens with one attached hydrogen (secondary N) is 1. The van der Waals surface area contributed by atoms with E-state index in [-0.39, 0.29) is 30.1 Å². The molecule has 5 nitrogen and oxygen atoms in total. The van der Waals surface area contributed by atoms with Crippen molar-refractivity contribution in [3.63, 3.8) is 0 Å². The summed E-state index contributed by atoms with van der Waals surface area (Å²) in [4.78, 5) is 29.9. The van der Waals surface area contributed by atoms with E-state index in [0.717, 1.165) is 36.8 Å². The third-order valence-corrected chi connectivity index (χ3v) is 5.57. The van der Waals surface area contributed by atoms with Crippen LogP contribution in [0, 0.1) is 5.82 Å². The van der Waals surface area contributed by atoms with Gasteiger partial charge in [0, 0.05) is 10.7 Å². The van der Waals surface area contributed by atoms with E-state index in [1.54, 1.807) is 36.4 Å². The van der Waals surface area contributed by atoms with Gasteiger partial charge in [-0.2, -0.15) is 0 Å². The van der Waals surface area contributed by atoms with Crippen molar-refractivity contribution in [3.8, 4) is 0 Å². The monoisotopic (exact) mass is 388 g/mol. The molecular formula is C20H20ClFN3O2+. The highest BCUT2D eigenvalue weighted by Crippen LogP contribution is 2.24. The average molecular weight is 389 g/mol. The predicted octanol–water partition coefficient (Wildman–Crippen LogP) is 1.52. The Hall–Kier alpha value is -2.44. The summed E-state index contributed by atoms with van der Waals surface area (Å²) < 4.78 is 13.1. The minimum absolute atomic E-state index is 0.146. The van der Waals surface area contributed by atoms with E-state index >= 15 is 0 Å². The molecule has 2 aromatic rings. The van der Waals surface area contributed by atoms with E-state index in [2.05, 4.69) is 4.90 Å². The first-order chi connectivity index (χ1) is 13.0. The average Bonchev–Trinajstić information content (AvgIpc) is 2.98. The smallest absolute Gasteiger partial charge is 0.292 e. The van der Waals surface area contributed by atoms with Gasteiger partial charge in [-0.15, -0.1) is 0 Å². The second kappa shape index (κ2) is 7.29. The predicted molar refractivity (Wildman–Crippen MR) is 102 cm³/mol. The largest absolute Gasteiger partial charge is 0.360 e. The van der Waals surface area contributed by atoms with Crippen molar-refractivity contribution in [2.24, 2.45) is 0 Å². The zero-order chi connectivity index (χ0) is 19.0. The van der Waals surface area contributed by atoms with Crippen molar-refractivity contribution in [1.29, 1.82) is 0 Å². The number of benzene rings is 2. The Bertz CT molecular complexity index is 849. The third kappa shape index (κ3) is 3.55. The first-order valence-electron chi connectivity index (χ1n) is 9.00. The van der Waals surface area contributed by atoms with Crippen molar-refractivity contribution in [2.75, 3.05) is 36.0 Å². The zero-order valence-electron chi connectivity index (χ0n) is 14.7. The Morgan fingerprint density at radius 1 is 0.926 bits per heavy atom. The molecule has 2 amide bonds. The van der Waals surface area contributed by atoms with Gasteiger partial charge in [0.15, 0.2) is 6.04 Å². The van der Waals surface area contributed by atoms with Gasteiger partial charge in [0.1, 0.15) is 5.82 Å². The Morgan fingerprint density at radius 3 is 2.15 bits per heavy atom. The molecule has 0 bridgehead atoms. The molecule has 0 unspecified atom stereocenters. The summed E-state index contributed by atoms with van der Waals surface area (Å²) in [6.07, 6.45) is 0.230. The molecular weight excluding hydrogens is 369 g/mol. The minimum atomic E-state index is -0.344. The summed E-state index contributed by atoms with van der Waals surface area (Å²) in [5.41, 5.74) is 1.55. The number of anilines is 2. The van der Waals surface area contributed by atoms with Crippen LogP contribution in [0.1, 0.15) is 6.42 Å². The Morgan fingerprint density at radius 2 is 1.52 bits per heavy atom. The molecule has 140 valence electrons. The van der Waals surface area contributed by atoms with E-state index < -0.39 is 0 Å². The van der Waals surface area contributed by atoms with Crippen LogP contribution in [-0.2, 0) is 9.59 Å². The molecule has 1 atom stereocenters. The number of carbonyl (C=O) groups excluding carboxylic acids is 2. The summed E-state index contributed by atoms with van der Waals surface area (Å²) in [5.74, 6) is -0.561. The van der Waals surface area contributed by atoms with Crippen molar-refractivity contribution in [3.05, 3.63) is 59.4 Å². The lowest BCUT2D eigenvalue weighted by Gasteiger charge is -2.35. The van der Waals surface area contributed by atoms with Gasteiger partial charge in [-0.3, -0.25) is 9.59 Å². The van der Waals surface area contributed by atoms with Crippen molar-refractivity contribution in [2.45, 2.75) is 12.5 Å². The van der Waals surface area contributed by atoms with Gasteiger partial charge in [-0.05, 0) is 48.5 Å². The number of rotatable bonds is 3. The second-order valence-electron chi connectivity index (χ2n) is 6.92. The topological polar surface area (TPSA) is 45.1 Å². The number of nitrogens with zero attached hydrogens (tertiary/aromatic N) is 2. The molecule has 4 rings (SSSR count). The number of imide groups is 1. The molecule has 2 saturated heterocycles. The number of halogens is 2. The Balaban J connectivity index is 1.43. The van der Waals surface area contributed by atoms with Gasteiger partial charge in [0.25, 0.3) is 5.91 Å². The van der Waals surface area contributed by atoms with Crippen molar-refractivity contribution < 1.29 is 18.9 Å². The van der Waals surface area contributed by atoms with Gasteiger partial charge in [0.2, 0.25) is 5.91 Å². The molecule has 2 heterocycles. The molecule has 0 aliphatic carbocycles. The molecule has 7 heteroatoms. The van der Waals surface area contributed by atoms with Gasteiger partial charge in [-0.25, -0.2) is 9.29 Å². The van der Waals surface area contributed by atoms with E-state index in [1.165, 1.54) is 17.0 Å². The van der Waals surface area contributed by atoms with Crippen LogP contribution in [0.4, 0.5) is 15.8 Å². The van der Waals surface area contributed by atoms with Gasteiger partial charge >= 0.3 is 0 Å². The molecule has 2 aromatic carbocycles. The summed E-state index contributed by atoms with van der Waals surface area (Å²) in [7, 11) is 0. The first-order valence-corrected chi connectivity index (χ1v) is 9.38. The highest BCUT2D eigenvalue weighted by Gasteiger charge is 2.46. The summed E-state index contributed by atoms with van der Waals surface area (Å²) in [6.45, 7) is 3.05. The molecule has 1 N–H and O–H groups in total. The number of hydrogen-bond acceptors (Lipinski definition) is 3. The number of hydrogen-bond donors (Lipinski definition) is 1. The van der Waals surface area contributed by atoms with E-state index in [9.17, 15) is 14.0 Å². The fourth-order valence-corrected chi connectivity index (χ4v) is 3.99. The Kier molecular flexibility index (Phi) is 4.85. The molecule has 0 saturated carbocycles.